The highest BCUT2D eigenvalue weighted by Crippen LogP contribution is 2.14. The molecule has 0 aliphatic carbocycles. The Hall–Kier alpha value is -2.10. The van der Waals surface area contributed by atoms with Crippen molar-refractivity contribution >= 4 is 5.78 Å². The van der Waals surface area contributed by atoms with Crippen LogP contribution in [0.3, 0.4) is 0 Å². The van der Waals surface area contributed by atoms with Gasteiger partial charge in [-0.15, -0.1) is 10.2 Å². The fourth-order valence-electron chi connectivity index (χ4n) is 1.35. The first-order valence-electron chi connectivity index (χ1n) is 4.94. The van der Waals surface area contributed by atoms with Gasteiger partial charge in [-0.05, 0) is 13.0 Å². The number of nitrogens with zero attached hydrogens (tertiary/aromatic N) is 3. The van der Waals surface area contributed by atoms with Gasteiger partial charge in [0.2, 0.25) is 0 Å². The van der Waals surface area contributed by atoms with E-state index >= 15 is 0 Å². The van der Waals surface area contributed by atoms with Crippen molar-refractivity contribution < 1.29 is 4.79 Å². The maximum atomic E-state index is 11.0. The van der Waals surface area contributed by atoms with Crippen LogP contribution >= 0.6 is 0 Å². The van der Waals surface area contributed by atoms with Crippen LogP contribution < -0.4 is 0 Å². The molecule has 0 aliphatic rings. The first kappa shape index (κ1) is 10.4. The van der Waals surface area contributed by atoms with Gasteiger partial charge in [0.15, 0.2) is 11.6 Å². The van der Waals surface area contributed by atoms with Crippen molar-refractivity contribution in [1.29, 1.82) is 0 Å². The summed E-state index contributed by atoms with van der Waals surface area (Å²) in [4.78, 5) is 15.1. The van der Waals surface area contributed by atoms with Crippen molar-refractivity contribution in [2.45, 2.75) is 13.8 Å². The number of aryl methyl sites for hydroxylation is 1. The highest BCUT2D eigenvalue weighted by Gasteiger charge is 2.05. The van der Waals surface area contributed by atoms with Crippen molar-refractivity contribution in [1.82, 2.24) is 15.2 Å². The summed E-state index contributed by atoms with van der Waals surface area (Å²) in [6.07, 6.45) is 1.45. The van der Waals surface area contributed by atoms with Gasteiger partial charge in [-0.25, -0.2) is 4.98 Å². The Morgan fingerprint density at radius 3 is 2.62 bits per heavy atom. The van der Waals surface area contributed by atoms with Crippen LogP contribution in [0, 0.1) is 6.92 Å². The molecule has 0 atom stereocenters. The molecule has 0 fully saturated rings. The Bertz CT molecular complexity index is 520. The summed E-state index contributed by atoms with van der Waals surface area (Å²) in [5.74, 6) is 0.407. The molecule has 0 saturated heterocycles. The molecule has 0 spiro atoms. The van der Waals surface area contributed by atoms with Crippen molar-refractivity contribution in [2.75, 3.05) is 0 Å². The van der Waals surface area contributed by atoms with Gasteiger partial charge in [0.25, 0.3) is 0 Å². The van der Waals surface area contributed by atoms with Gasteiger partial charge < -0.3 is 0 Å². The van der Waals surface area contributed by atoms with Crippen molar-refractivity contribution in [2.24, 2.45) is 0 Å². The summed E-state index contributed by atoms with van der Waals surface area (Å²) in [5, 5.41) is 7.75. The van der Waals surface area contributed by atoms with Gasteiger partial charge in [-0.2, -0.15) is 0 Å². The van der Waals surface area contributed by atoms with Gasteiger partial charge >= 0.3 is 0 Å². The van der Waals surface area contributed by atoms with E-state index in [0.29, 0.717) is 5.82 Å². The van der Waals surface area contributed by atoms with E-state index in [1.165, 1.54) is 13.1 Å². The van der Waals surface area contributed by atoms with Crippen LogP contribution in [-0.4, -0.2) is 21.0 Å². The first-order valence-corrected chi connectivity index (χ1v) is 4.94. The molecule has 1 aromatic heterocycles. The predicted molar refractivity (Wildman–Crippen MR) is 60.0 cm³/mol. The molecule has 4 heteroatoms. The molecular formula is C12H11N3O. The molecule has 4 nitrogen and oxygen atoms in total. The minimum absolute atomic E-state index is 0.129. The lowest BCUT2D eigenvalue weighted by atomic mass is 10.1. The Morgan fingerprint density at radius 2 is 2.06 bits per heavy atom. The number of hydrogen-bond acceptors (Lipinski definition) is 4. The standard InChI is InChI=1S/C12H11N3O/c1-8-4-3-5-10(6-8)12-13-7-11(9(2)16)14-15-12/h3-7H,1-2H3. The molecule has 1 aromatic carbocycles. The number of benzene rings is 1. The van der Waals surface area contributed by atoms with Gasteiger partial charge in [-0.3, -0.25) is 4.79 Å². The molecule has 0 aliphatic heterocycles. The number of hydrogen-bond donors (Lipinski definition) is 0. The Labute approximate surface area is 93.4 Å². The van der Waals surface area contributed by atoms with E-state index in [2.05, 4.69) is 15.2 Å². The summed E-state index contributed by atoms with van der Waals surface area (Å²) in [7, 11) is 0. The summed E-state index contributed by atoms with van der Waals surface area (Å²) in [6, 6.07) is 7.83. The molecule has 0 bridgehead atoms. The highest BCUT2D eigenvalue weighted by molar-refractivity contribution is 5.91. The molecule has 0 N–H and O–H groups in total. The fraction of sp³-hybridized carbons (Fsp3) is 0.167. The Balaban J connectivity index is 2.38. The normalized spacial score (nSPS) is 10.1. The monoisotopic (exact) mass is 213 g/mol. The van der Waals surface area contributed by atoms with E-state index in [1.54, 1.807) is 0 Å². The quantitative estimate of drug-likeness (QED) is 0.716. The second-order valence-corrected chi connectivity index (χ2v) is 3.59. The Morgan fingerprint density at radius 1 is 1.25 bits per heavy atom. The van der Waals surface area contributed by atoms with Crippen molar-refractivity contribution in [3.05, 3.63) is 41.7 Å². The second-order valence-electron chi connectivity index (χ2n) is 3.59. The van der Waals surface area contributed by atoms with Gasteiger partial charge in [0.05, 0.1) is 6.20 Å². The average Bonchev–Trinajstić information content (AvgIpc) is 2.29. The van der Waals surface area contributed by atoms with Crippen LogP contribution in [0.4, 0.5) is 0 Å². The molecule has 80 valence electrons. The maximum absolute atomic E-state index is 11.0. The molecule has 2 aromatic rings. The zero-order valence-electron chi connectivity index (χ0n) is 9.14. The number of Topliss-reactive ketones (excluding diaryl/α,β-unsaturated/α-hetero) is 1. The van der Waals surface area contributed by atoms with E-state index in [-0.39, 0.29) is 11.5 Å². The topological polar surface area (TPSA) is 55.7 Å². The largest absolute Gasteiger partial charge is 0.293 e. The minimum atomic E-state index is -0.129. The highest BCUT2D eigenvalue weighted by atomic mass is 16.1. The van der Waals surface area contributed by atoms with Crippen molar-refractivity contribution in [3.63, 3.8) is 0 Å². The molecule has 1 heterocycles. The lowest BCUT2D eigenvalue weighted by Crippen LogP contribution is -2.01. The maximum Gasteiger partial charge on any atom is 0.181 e. The summed E-state index contributed by atoms with van der Waals surface area (Å²) in [6.45, 7) is 3.44. The average molecular weight is 213 g/mol. The van der Waals surface area contributed by atoms with Crippen LogP contribution in [0.25, 0.3) is 11.4 Å². The van der Waals surface area contributed by atoms with E-state index in [4.69, 9.17) is 0 Å². The molecule has 2 rings (SSSR count). The second kappa shape index (κ2) is 4.18. The summed E-state index contributed by atoms with van der Waals surface area (Å²) < 4.78 is 0. The van der Waals surface area contributed by atoms with Gasteiger partial charge in [0, 0.05) is 12.5 Å². The third-order valence-corrected chi connectivity index (χ3v) is 2.20. The zero-order valence-corrected chi connectivity index (χ0v) is 9.14. The van der Waals surface area contributed by atoms with E-state index in [1.807, 2.05) is 31.2 Å². The fourth-order valence-corrected chi connectivity index (χ4v) is 1.35. The molecular weight excluding hydrogens is 202 g/mol. The lowest BCUT2D eigenvalue weighted by Gasteiger charge is -2.00. The predicted octanol–water partition coefficient (Wildman–Crippen LogP) is 2.05. The third kappa shape index (κ3) is 2.11. The third-order valence-electron chi connectivity index (χ3n) is 2.20. The van der Waals surface area contributed by atoms with Gasteiger partial charge in [0.1, 0.15) is 5.69 Å². The molecule has 0 saturated carbocycles. The van der Waals surface area contributed by atoms with Crippen LogP contribution in [-0.2, 0) is 0 Å². The van der Waals surface area contributed by atoms with Crippen LogP contribution in [0.15, 0.2) is 30.5 Å². The van der Waals surface area contributed by atoms with Crippen molar-refractivity contribution in [3.8, 4) is 11.4 Å². The molecule has 0 unspecified atom stereocenters. The number of carbonyl (C=O) groups excluding carboxylic acids is 1. The Kier molecular flexibility index (Phi) is 2.72. The van der Waals surface area contributed by atoms with Crippen LogP contribution in [0.2, 0.25) is 0 Å². The SMILES string of the molecule is CC(=O)c1cnc(-c2cccc(C)c2)nn1. The number of ketones is 1. The smallest absolute Gasteiger partial charge is 0.181 e. The summed E-state index contributed by atoms with van der Waals surface area (Å²) >= 11 is 0. The summed E-state index contributed by atoms with van der Waals surface area (Å²) in [5.41, 5.74) is 2.33. The molecule has 16 heavy (non-hydrogen) atoms. The lowest BCUT2D eigenvalue weighted by molar-refractivity contribution is 0.101. The minimum Gasteiger partial charge on any atom is -0.293 e. The molecule has 0 amide bonds. The number of carbonyl (C=O) groups is 1. The van der Waals surface area contributed by atoms with Crippen LogP contribution in [0.5, 0.6) is 0 Å². The van der Waals surface area contributed by atoms with E-state index < -0.39 is 0 Å². The molecule has 0 radical (unpaired) electrons. The first-order chi connectivity index (χ1) is 7.66. The van der Waals surface area contributed by atoms with Crippen LogP contribution in [0.1, 0.15) is 23.0 Å². The zero-order chi connectivity index (χ0) is 11.5. The number of rotatable bonds is 2. The van der Waals surface area contributed by atoms with E-state index in [9.17, 15) is 4.79 Å². The van der Waals surface area contributed by atoms with E-state index in [0.717, 1.165) is 11.1 Å². The number of aromatic nitrogens is 3. The van der Waals surface area contributed by atoms with Gasteiger partial charge in [-0.1, -0.05) is 23.8 Å².